The summed E-state index contributed by atoms with van der Waals surface area (Å²) in [6.45, 7) is 0. The van der Waals surface area contributed by atoms with Crippen molar-refractivity contribution in [2.24, 2.45) is 0 Å². The lowest BCUT2D eigenvalue weighted by atomic mass is 9.99. The first-order valence-corrected chi connectivity index (χ1v) is 7.46. The summed E-state index contributed by atoms with van der Waals surface area (Å²) in [7, 11) is 1.95. The number of benzene rings is 2. The third-order valence-electron chi connectivity index (χ3n) is 2.77. The van der Waals surface area contributed by atoms with E-state index in [4.69, 9.17) is 11.6 Å². The van der Waals surface area contributed by atoms with Gasteiger partial charge in [-0.3, -0.25) is 0 Å². The molecule has 0 saturated carbocycles. The van der Waals surface area contributed by atoms with Gasteiger partial charge in [0.2, 0.25) is 0 Å². The van der Waals surface area contributed by atoms with E-state index in [1.54, 1.807) is 0 Å². The SMILES string of the molecule is CNC(c1ccc(Br)cc1)c1ccc(Cl)cc1Br. The van der Waals surface area contributed by atoms with Gasteiger partial charge in [0.1, 0.15) is 0 Å². The standard InChI is InChI=1S/C14H12Br2ClN/c1-18-14(9-2-4-10(15)5-3-9)12-7-6-11(17)8-13(12)16/h2-8,14,18H,1H3. The van der Waals surface area contributed by atoms with Crippen LogP contribution in [-0.2, 0) is 0 Å². The summed E-state index contributed by atoms with van der Waals surface area (Å²) in [6, 6.07) is 14.3. The van der Waals surface area contributed by atoms with E-state index in [0.29, 0.717) is 0 Å². The molecular formula is C14H12Br2ClN. The molecule has 0 aliphatic rings. The molecule has 0 saturated heterocycles. The van der Waals surface area contributed by atoms with Crippen molar-refractivity contribution in [1.29, 1.82) is 0 Å². The van der Waals surface area contributed by atoms with Crippen molar-refractivity contribution in [3.8, 4) is 0 Å². The number of hydrogen-bond acceptors (Lipinski definition) is 1. The van der Waals surface area contributed by atoms with Gasteiger partial charge < -0.3 is 5.32 Å². The topological polar surface area (TPSA) is 12.0 Å². The molecule has 0 aliphatic heterocycles. The van der Waals surface area contributed by atoms with Crippen LogP contribution in [-0.4, -0.2) is 7.05 Å². The molecule has 18 heavy (non-hydrogen) atoms. The summed E-state index contributed by atoms with van der Waals surface area (Å²) >= 11 is 13.0. The average molecular weight is 390 g/mol. The highest BCUT2D eigenvalue weighted by Gasteiger charge is 2.14. The minimum absolute atomic E-state index is 0.143. The molecule has 0 bridgehead atoms. The summed E-state index contributed by atoms with van der Waals surface area (Å²) in [6.07, 6.45) is 0. The Morgan fingerprint density at radius 1 is 1.06 bits per heavy atom. The second-order valence-corrected chi connectivity index (χ2v) is 6.15. The van der Waals surface area contributed by atoms with Crippen LogP contribution in [0.25, 0.3) is 0 Å². The molecule has 2 aromatic carbocycles. The Bertz CT molecular complexity index is 540. The minimum Gasteiger partial charge on any atom is -0.309 e. The normalized spacial score (nSPS) is 12.4. The zero-order valence-electron chi connectivity index (χ0n) is 9.75. The Morgan fingerprint density at radius 3 is 2.28 bits per heavy atom. The van der Waals surface area contributed by atoms with Crippen molar-refractivity contribution < 1.29 is 0 Å². The molecule has 1 nitrogen and oxygen atoms in total. The summed E-state index contributed by atoms with van der Waals surface area (Å²) in [5.41, 5.74) is 2.38. The molecule has 94 valence electrons. The highest BCUT2D eigenvalue weighted by Crippen LogP contribution is 2.31. The van der Waals surface area contributed by atoms with Crippen LogP contribution in [0.15, 0.2) is 51.4 Å². The lowest BCUT2D eigenvalue weighted by molar-refractivity contribution is 0.689. The van der Waals surface area contributed by atoms with Crippen molar-refractivity contribution in [2.75, 3.05) is 7.05 Å². The molecule has 0 spiro atoms. The Morgan fingerprint density at radius 2 is 1.72 bits per heavy atom. The van der Waals surface area contributed by atoms with Crippen LogP contribution in [0.3, 0.4) is 0 Å². The molecule has 0 amide bonds. The zero-order valence-corrected chi connectivity index (χ0v) is 13.7. The smallest absolute Gasteiger partial charge is 0.0585 e. The number of halogens is 3. The summed E-state index contributed by atoms with van der Waals surface area (Å²) in [5, 5.41) is 4.06. The van der Waals surface area contributed by atoms with Gasteiger partial charge in [-0.25, -0.2) is 0 Å². The molecule has 0 heterocycles. The molecule has 0 aliphatic carbocycles. The van der Waals surface area contributed by atoms with Crippen LogP contribution in [0.1, 0.15) is 17.2 Å². The van der Waals surface area contributed by atoms with Crippen molar-refractivity contribution in [2.45, 2.75) is 6.04 Å². The van der Waals surface area contributed by atoms with Crippen molar-refractivity contribution in [1.82, 2.24) is 5.32 Å². The van der Waals surface area contributed by atoms with Gasteiger partial charge in [-0.1, -0.05) is 61.7 Å². The fourth-order valence-corrected chi connectivity index (χ4v) is 3.07. The Balaban J connectivity index is 2.41. The number of nitrogens with one attached hydrogen (secondary N) is 1. The predicted molar refractivity (Wildman–Crippen MR) is 84.2 cm³/mol. The van der Waals surface area contributed by atoms with E-state index in [-0.39, 0.29) is 6.04 Å². The van der Waals surface area contributed by atoms with Gasteiger partial charge in [-0.05, 0) is 42.4 Å². The van der Waals surface area contributed by atoms with Crippen molar-refractivity contribution in [3.63, 3.8) is 0 Å². The first-order valence-electron chi connectivity index (χ1n) is 5.49. The van der Waals surface area contributed by atoms with Gasteiger partial charge in [-0.2, -0.15) is 0 Å². The second kappa shape index (κ2) is 6.20. The highest BCUT2D eigenvalue weighted by molar-refractivity contribution is 9.10. The maximum Gasteiger partial charge on any atom is 0.0585 e. The van der Waals surface area contributed by atoms with Crippen molar-refractivity contribution in [3.05, 3.63) is 67.6 Å². The number of rotatable bonds is 3. The summed E-state index contributed by atoms with van der Waals surface area (Å²) < 4.78 is 2.09. The molecule has 0 radical (unpaired) electrons. The molecule has 2 rings (SSSR count). The third-order valence-corrected chi connectivity index (χ3v) is 4.22. The Hall–Kier alpha value is -0.350. The maximum absolute atomic E-state index is 5.98. The predicted octanol–water partition coefficient (Wildman–Crippen LogP) is 5.17. The highest BCUT2D eigenvalue weighted by atomic mass is 79.9. The van der Waals surface area contributed by atoms with E-state index in [1.165, 1.54) is 11.1 Å². The fraction of sp³-hybridized carbons (Fsp3) is 0.143. The lowest BCUT2D eigenvalue weighted by Gasteiger charge is -2.19. The van der Waals surface area contributed by atoms with Gasteiger partial charge >= 0.3 is 0 Å². The molecule has 1 unspecified atom stereocenters. The van der Waals surface area contributed by atoms with Crippen LogP contribution >= 0.6 is 43.5 Å². The molecule has 2 aromatic rings. The van der Waals surface area contributed by atoms with Gasteiger partial charge in [0.15, 0.2) is 0 Å². The van der Waals surface area contributed by atoms with Gasteiger partial charge in [0.05, 0.1) is 6.04 Å². The first kappa shape index (κ1) is 14.1. The second-order valence-electron chi connectivity index (χ2n) is 3.94. The number of hydrogen-bond donors (Lipinski definition) is 1. The lowest BCUT2D eigenvalue weighted by Crippen LogP contribution is -2.18. The van der Waals surface area contributed by atoms with Crippen LogP contribution in [0.5, 0.6) is 0 Å². The molecule has 1 atom stereocenters. The molecule has 4 heteroatoms. The van der Waals surface area contributed by atoms with Gasteiger partial charge in [-0.15, -0.1) is 0 Å². The molecule has 0 fully saturated rings. The van der Waals surface area contributed by atoms with E-state index < -0.39 is 0 Å². The summed E-state index contributed by atoms with van der Waals surface area (Å²) in [5.74, 6) is 0. The van der Waals surface area contributed by atoms with Crippen LogP contribution in [0, 0.1) is 0 Å². The molecular weight excluding hydrogens is 377 g/mol. The largest absolute Gasteiger partial charge is 0.309 e. The zero-order chi connectivity index (χ0) is 13.1. The van der Waals surface area contributed by atoms with E-state index >= 15 is 0 Å². The monoisotopic (exact) mass is 387 g/mol. The van der Waals surface area contributed by atoms with E-state index in [9.17, 15) is 0 Å². The van der Waals surface area contributed by atoms with E-state index in [0.717, 1.165) is 14.0 Å². The first-order chi connectivity index (χ1) is 8.61. The average Bonchev–Trinajstić information content (AvgIpc) is 2.35. The molecule has 0 aromatic heterocycles. The Kier molecular flexibility index (Phi) is 4.84. The fourth-order valence-electron chi connectivity index (χ4n) is 1.89. The van der Waals surface area contributed by atoms with E-state index in [2.05, 4.69) is 49.3 Å². The summed E-state index contributed by atoms with van der Waals surface area (Å²) in [4.78, 5) is 0. The van der Waals surface area contributed by atoms with E-state index in [1.807, 2.05) is 37.4 Å². The van der Waals surface area contributed by atoms with Gasteiger partial charge in [0, 0.05) is 14.0 Å². The van der Waals surface area contributed by atoms with Crippen molar-refractivity contribution >= 4 is 43.5 Å². The van der Waals surface area contributed by atoms with Crippen LogP contribution < -0.4 is 5.32 Å². The Labute approximate surface area is 129 Å². The maximum atomic E-state index is 5.98. The van der Waals surface area contributed by atoms with Crippen LogP contribution in [0.4, 0.5) is 0 Å². The van der Waals surface area contributed by atoms with Gasteiger partial charge in [0.25, 0.3) is 0 Å². The molecule has 1 N–H and O–H groups in total. The quantitative estimate of drug-likeness (QED) is 0.763. The third kappa shape index (κ3) is 3.15. The minimum atomic E-state index is 0.143. The van der Waals surface area contributed by atoms with Crippen LogP contribution in [0.2, 0.25) is 5.02 Å².